The van der Waals surface area contributed by atoms with Crippen LogP contribution in [0.2, 0.25) is 0 Å². The molecule has 0 saturated carbocycles. The fraction of sp³-hybridized carbons (Fsp3) is 0.200. The first kappa shape index (κ1) is 22.6. The van der Waals surface area contributed by atoms with Crippen molar-refractivity contribution in [2.75, 3.05) is 19.1 Å². The molecule has 1 saturated heterocycles. The number of hydrogen-bond donors (Lipinski definition) is 2. The van der Waals surface area contributed by atoms with Crippen LogP contribution in [0, 0.1) is 0 Å². The number of anilines is 1. The number of carbonyl (C=O) groups is 2. The van der Waals surface area contributed by atoms with Crippen molar-refractivity contribution in [1.82, 2.24) is 0 Å². The molecule has 0 aromatic heterocycles. The minimum atomic E-state index is -0.677. The lowest BCUT2D eigenvalue weighted by Crippen LogP contribution is -2.31. The maximum absolute atomic E-state index is 12.7. The van der Waals surface area contributed by atoms with Gasteiger partial charge in [-0.05, 0) is 36.4 Å². The Labute approximate surface area is 191 Å². The van der Waals surface area contributed by atoms with Gasteiger partial charge in [0, 0.05) is 16.5 Å². The Balaban J connectivity index is 1.69. The fourth-order valence-electron chi connectivity index (χ4n) is 2.87. The molecule has 0 bridgehead atoms. The predicted octanol–water partition coefficient (Wildman–Crippen LogP) is 2.89. The van der Waals surface area contributed by atoms with Crippen LogP contribution in [0.4, 0.5) is 5.69 Å². The topological polar surface area (TPSA) is 127 Å². The molecule has 11 heteroatoms. The molecule has 2 aromatic carbocycles. The molecule has 1 aliphatic rings. The van der Waals surface area contributed by atoms with Crippen molar-refractivity contribution in [3.05, 3.63) is 46.4 Å². The first-order valence-electron chi connectivity index (χ1n) is 8.94. The van der Waals surface area contributed by atoms with Crippen molar-refractivity contribution < 1.29 is 24.2 Å². The Bertz CT molecular complexity index is 1030. The van der Waals surface area contributed by atoms with E-state index >= 15 is 0 Å². The third kappa shape index (κ3) is 5.17. The van der Waals surface area contributed by atoms with Gasteiger partial charge in [-0.2, -0.15) is 5.10 Å². The van der Waals surface area contributed by atoms with Crippen LogP contribution >= 0.6 is 27.7 Å². The molecule has 9 nitrogen and oxygen atoms in total. The van der Waals surface area contributed by atoms with Crippen molar-refractivity contribution in [2.45, 2.75) is 11.7 Å². The first-order chi connectivity index (χ1) is 14.8. The number of ether oxygens (including phenoxy) is 2. The third-order valence-electron chi connectivity index (χ3n) is 4.32. The van der Waals surface area contributed by atoms with Gasteiger partial charge in [0.25, 0.3) is 0 Å². The number of benzene rings is 2. The number of thioether (sulfide) groups is 1. The summed E-state index contributed by atoms with van der Waals surface area (Å²) in [5, 5.41) is 17.1. The number of rotatable bonds is 6. The van der Waals surface area contributed by atoms with Crippen LogP contribution in [-0.4, -0.2) is 47.8 Å². The van der Waals surface area contributed by atoms with Crippen molar-refractivity contribution in [2.24, 2.45) is 15.9 Å². The summed E-state index contributed by atoms with van der Waals surface area (Å²) >= 11 is 4.30. The van der Waals surface area contributed by atoms with Crippen molar-refractivity contribution in [3.63, 3.8) is 0 Å². The quantitative estimate of drug-likeness (QED) is 0.267. The number of halogens is 1. The summed E-state index contributed by atoms with van der Waals surface area (Å²) in [5.74, 6) is -0.345. The molecule has 0 unspecified atom stereocenters. The molecular formula is C20H19BrN4O5S. The van der Waals surface area contributed by atoms with Gasteiger partial charge < -0.3 is 20.3 Å². The Morgan fingerprint density at radius 1 is 1.23 bits per heavy atom. The number of hydrogen-bond acceptors (Lipinski definition) is 8. The van der Waals surface area contributed by atoms with Gasteiger partial charge in [0.1, 0.15) is 5.25 Å². The Morgan fingerprint density at radius 3 is 2.42 bits per heavy atom. The highest BCUT2D eigenvalue weighted by Crippen LogP contribution is 2.36. The monoisotopic (exact) mass is 506 g/mol. The molecule has 2 aromatic rings. The van der Waals surface area contributed by atoms with Gasteiger partial charge in [-0.3, -0.25) is 9.59 Å². The summed E-state index contributed by atoms with van der Waals surface area (Å²) < 4.78 is 11.0. The van der Waals surface area contributed by atoms with Gasteiger partial charge in [-0.15, -0.1) is 5.10 Å². The van der Waals surface area contributed by atoms with Crippen LogP contribution in [0.25, 0.3) is 0 Å². The van der Waals surface area contributed by atoms with E-state index in [2.05, 4.69) is 26.1 Å². The zero-order valence-corrected chi connectivity index (χ0v) is 19.0. The second kappa shape index (κ2) is 9.84. The van der Waals surface area contributed by atoms with Crippen molar-refractivity contribution in [3.8, 4) is 17.2 Å². The van der Waals surface area contributed by atoms with Gasteiger partial charge in [0.15, 0.2) is 16.7 Å². The molecule has 3 rings (SSSR count). The summed E-state index contributed by atoms with van der Waals surface area (Å²) in [7, 11) is 2.83. The summed E-state index contributed by atoms with van der Waals surface area (Å²) in [6.45, 7) is 0. The first-order valence-corrected chi connectivity index (χ1v) is 10.6. The molecule has 31 heavy (non-hydrogen) atoms. The molecule has 2 amide bonds. The number of imide groups is 1. The Kier molecular flexibility index (Phi) is 7.18. The lowest BCUT2D eigenvalue weighted by atomic mass is 10.2. The molecule has 1 aliphatic heterocycles. The van der Waals surface area contributed by atoms with Crippen molar-refractivity contribution in [1.29, 1.82) is 0 Å². The van der Waals surface area contributed by atoms with Gasteiger partial charge >= 0.3 is 0 Å². The largest absolute Gasteiger partial charge is 0.502 e. The van der Waals surface area contributed by atoms with E-state index in [1.54, 1.807) is 36.4 Å². The molecule has 0 radical (unpaired) electrons. The molecule has 0 spiro atoms. The highest BCUT2D eigenvalue weighted by molar-refractivity contribution is 9.10. The number of nitrogens with zero attached hydrogens (tertiary/aromatic N) is 3. The number of amides is 2. The van der Waals surface area contributed by atoms with Crippen LogP contribution in [-0.2, 0) is 9.59 Å². The standard InChI is InChI=1S/C20H19BrN4O5S/c1-29-14-7-11(8-15(30-2)18(14)27)10-23-24-20(22)31-16-9-17(26)25(19(16)28)13-5-3-12(21)4-6-13/h3-8,10,16,27H,9H2,1-2H3,(H2,22,24)/b23-10-/t16-/m1/s1. The van der Waals surface area contributed by atoms with E-state index in [4.69, 9.17) is 15.2 Å². The maximum Gasteiger partial charge on any atom is 0.247 e. The number of phenols is 1. The van der Waals surface area contributed by atoms with E-state index in [-0.39, 0.29) is 40.7 Å². The average Bonchev–Trinajstić information content (AvgIpc) is 3.02. The zero-order chi connectivity index (χ0) is 22.5. The number of nitrogens with two attached hydrogens (primary N) is 1. The van der Waals surface area contributed by atoms with E-state index < -0.39 is 5.25 Å². The minimum absolute atomic E-state index is 0.0197. The highest BCUT2D eigenvalue weighted by Gasteiger charge is 2.40. The van der Waals surface area contributed by atoms with E-state index in [0.717, 1.165) is 21.1 Å². The molecule has 162 valence electrons. The number of carbonyl (C=O) groups excluding carboxylic acids is 2. The SMILES string of the molecule is COc1cc(/C=N\N=C(N)S[C@@H]2CC(=O)N(c3ccc(Br)cc3)C2=O)cc(OC)c1O. The number of amidine groups is 1. The third-order valence-corrected chi connectivity index (χ3v) is 5.82. The summed E-state index contributed by atoms with van der Waals surface area (Å²) in [5.41, 5.74) is 6.95. The van der Waals surface area contributed by atoms with Crippen LogP contribution in [0.15, 0.2) is 51.1 Å². The second-order valence-electron chi connectivity index (χ2n) is 6.31. The van der Waals surface area contributed by atoms with Crippen LogP contribution in [0.3, 0.4) is 0 Å². The van der Waals surface area contributed by atoms with Gasteiger partial charge in [0.05, 0.1) is 26.1 Å². The summed E-state index contributed by atoms with van der Waals surface area (Å²) in [4.78, 5) is 26.2. The predicted molar refractivity (Wildman–Crippen MR) is 123 cm³/mol. The smallest absolute Gasteiger partial charge is 0.247 e. The van der Waals surface area contributed by atoms with E-state index in [0.29, 0.717) is 11.3 Å². The lowest BCUT2D eigenvalue weighted by molar-refractivity contribution is -0.121. The lowest BCUT2D eigenvalue weighted by Gasteiger charge is -2.14. The Morgan fingerprint density at radius 2 is 1.84 bits per heavy atom. The van der Waals surface area contributed by atoms with Crippen LogP contribution < -0.4 is 20.1 Å². The van der Waals surface area contributed by atoms with Crippen LogP contribution in [0.1, 0.15) is 12.0 Å². The summed E-state index contributed by atoms with van der Waals surface area (Å²) in [6, 6.07) is 10.00. The van der Waals surface area contributed by atoms with Gasteiger partial charge in [-0.25, -0.2) is 4.90 Å². The fourth-order valence-corrected chi connectivity index (χ4v) is 3.95. The second-order valence-corrected chi connectivity index (χ2v) is 8.45. The summed E-state index contributed by atoms with van der Waals surface area (Å²) in [6.07, 6.45) is 1.42. The number of methoxy groups -OCH3 is 2. The van der Waals surface area contributed by atoms with Gasteiger partial charge in [-0.1, -0.05) is 27.7 Å². The number of aromatic hydroxyl groups is 1. The highest BCUT2D eigenvalue weighted by atomic mass is 79.9. The van der Waals surface area contributed by atoms with E-state index in [1.165, 1.54) is 20.4 Å². The Hall–Kier alpha value is -3.05. The van der Waals surface area contributed by atoms with E-state index in [1.807, 2.05) is 0 Å². The van der Waals surface area contributed by atoms with E-state index in [9.17, 15) is 14.7 Å². The zero-order valence-electron chi connectivity index (χ0n) is 16.6. The van der Waals surface area contributed by atoms with Crippen molar-refractivity contribution >= 4 is 56.6 Å². The average molecular weight is 507 g/mol. The van der Waals surface area contributed by atoms with Gasteiger partial charge in [0.2, 0.25) is 17.6 Å². The molecule has 0 aliphatic carbocycles. The molecular weight excluding hydrogens is 488 g/mol. The molecule has 3 N–H and O–H groups in total. The normalized spacial score (nSPS) is 16.9. The molecule has 1 heterocycles. The molecule has 1 fully saturated rings. The number of phenolic OH excluding ortho intramolecular Hbond substituents is 1. The van der Waals surface area contributed by atoms with Crippen LogP contribution in [0.5, 0.6) is 17.2 Å². The minimum Gasteiger partial charge on any atom is -0.502 e. The molecule has 1 atom stereocenters. The maximum atomic E-state index is 12.7.